The number of aliphatic carboxylic acids is 1. The molecule has 0 heterocycles. The number of rotatable bonds is 3. The highest BCUT2D eigenvalue weighted by Crippen LogP contribution is 2.41. The third-order valence-electron chi connectivity index (χ3n) is 1.90. The topological polar surface area (TPSA) is 37.3 Å². The molecule has 0 aromatic heterocycles. The van der Waals surface area contributed by atoms with Crippen molar-refractivity contribution in [3.63, 3.8) is 0 Å². The fraction of sp³-hybridized carbons (Fsp3) is 0.857. The maximum absolute atomic E-state index is 10.2. The molecule has 2 heteroatoms. The summed E-state index contributed by atoms with van der Waals surface area (Å²) in [6.45, 7) is 2.09. The van der Waals surface area contributed by atoms with Crippen LogP contribution in [0, 0.1) is 11.8 Å². The molecular formula is C7H12O2. The zero-order valence-corrected chi connectivity index (χ0v) is 5.63. The van der Waals surface area contributed by atoms with Gasteiger partial charge in [-0.15, -0.1) is 0 Å². The van der Waals surface area contributed by atoms with Crippen LogP contribution in [-0.2, 0) is 4.79 Å². The monoisotopic (exact) mass is 128 g/mol. The van der Waals surface area contributed by atoms with E-state index < -0.39 is 5.97 Å². The van der Waals surface area contributed by atoms with E-state index in [2.05, 4.69) is 6.92 Å². The van der Waals surface area contributed by atoms with Gasteiger partial charge in [-0.05, 0) is 18.8 Å². The SMILES string of the molecule is CCCC1CC1C(=O)O. The Morgan fingerprint density at radius 3 is 2.78 bits per heavy atom. The molecule has 2 nitrogen and oxygen atoms in total. The van der Waals surface area contributed by atoms with Crippen LogP contribution in [0.5, 0.6) is 0 Å². The molecule has 1 N–H and O–H groups in total. The summed E-state index contributed by atoms with van der Waals surface area (Å²) in [4.78, 5) is 10.2. The van der Waals surface area contributed by atoms with E-state index in [1.165, 1.54) is 0 Å². The summed E-state index contributed by atoms with van der Waals surface area (Å²) in [7, 11) is 0. The molecule has 1 fully saturated rings. The lowest BCUT2D eigenvalue weighted by Gasteiger charge is -1.89. The van der Waals surface area contributed by atoms with Crippen molar-refractivity contribution in [3.05, 3.63) is 0 Å². The zero-order chi connectivity index (χ0) is 6.85. The summed E-state index contributed by atoms with van der Waals surface area (Å²) < 4.78 is 0. The van der Waals surface area contributed by atoms with E-state index in [1.54, 1.807) is 0 Å². The van der Waals surface area contributed by atoms with Crippen LogP contribution in [0.4, 0.5) is 0 Å². The van der Waals surface area contributed by atoms with Crippen LogP contribution >= 0.6 is 0 Å². The average Bonchev–Trinajstić information content (AvgIpc) is 2.47. The Labute approximate surface area is 54.9 Å². The Hall–Kier alpha value is -0.530. The molecule has 0 saturated heterocycles. The fourth-order valence-electron chi connectivity index (χ4n) is 1.24. The second kappa shape index (κ2) is 2.38. The molecule has 1 aliphatic rings. The minimum Gasteiger partial charge on any atom is -0.481 e. The smallest absolute Gasteiger partial charge is 0.306 e. The second-order valence-electron chi connectivity index (χ2n) is 2.73. The lowest BCUT2D eigenvalue weighted by molar-refractivity contribution is -0.138. The van der Waals surface area contributed by atoms with Crippen LogP contribution in [0.2, 0.25) is 0 Å². The van der Waals surface area contributed by atoms with E-state index in [4.69, 9.17) is 5.11 Å². The van der Waals surface area contributed by atoms with Gasteiger partial charge in [0.2, 0.25) is 0 Å². The molecule has 0 aromatic carbocycles. The number of hydrogen-bond acceptors (Lipinski definition) is 1. The number of carboxylic acids is 1. The molecule has 1 saturated carbocycles. The van der Waals surface area contributed by atoms with Gasteiger partial charge in [-0.2, -0.15) is 0 Å². The second-order valence-corrected chi connectivity index (χ2v) is 2.73. The van der Waals surface area contributed by atoms with Crippen molar-refractivity contribution in [1.82, 2.24) is 0 Å². The lowest BCUT2D eigenvalue weighted by Crippen LogP contribution is -1.98. The van der Waals surface area contributed by atoms with E-state index in [-0.39, 0.29) is 5.92 Å². The Morgan fingerprint density at radius 2 is 2.44 bits per heavy atom. The first-order valence-electron chi connectivity index (χ1n) is 3.48. The molecule has 0 amide bonds. The summed E-state index contributed by atoms with van der Waals surface area (Å²) in [5.41, 5.74) is 0. The first-order chi connectivity index (χ1) is 4.25. The molecule has 9 heavy (non-hydrogen) atoms. The minimum absolute atomic E-state index is 0.00458. The molecule has 1 aliphatic carbocycles. The Morgan fingerprint density at radius 1 is 1.78 bits per heavy atom. The van der Waals surface area contributed by atoms with Crippen LogP contribution in [0.1, 0.15) is 26.2 Å². The van der Waals surface area contributed by atoms with Gasteiger partial charge in [0, 0.05) is 0 Å². The van der Waals surface area contributed by atoms with E-state index in [0.717, 1.165) is 19.3 Å². The van der Waals surface area contributed by atoms with Crippen molar-refractivity contribution in [1.29, 1.82) is 0 Å². The van der Waals surface area contributed by atoms with Gasteiger partial charge in [0.1, 0.15) is 0 Å². The molecule has 0 spiro atoms. The summed E-state index contributed by atoms with van der Waals surface area (Å²) in [6.07, 6.45) is 3.13. The molecule has 2 atom stereocenters. The largest absolute Gasteiger partial charge is 0.481 e. The molecule has 2 unspecified atom stereocenters. The van der Waals surface area contributed by atoms with Crippen molar-refractivity contribution in [2.24, 2.45) is 11.8 Å². The summed E-state index contributed by atoms with van der Waals surface area (Å²) in [6, 6.07) is 0. The first kappa shape index (κ1) is 6.59. The molecule has 52 valence electrons. The number of carbonyl (C=O) groups is 1. The number of carboxylic acid groups (broad SMARTS) is 1. The summed E-state index contributed by atoms with van der Waals surface area (Å²) >= 11 is 0. The Kier molecular flexibility index (Phi) is 1.74. The quantitative estimate of drug-likeness (QED) is 0.625. The minimum atomic E-state index is -0.603. The van der Waals surface area contributed by atoms with Crippen LogP contribution in [-0.4, -0.2) is 11.1 Å². The Bertz CT molecular complexity index is 120. The molecule has 0 aromatic rings. The van der Waals surface area contributed by atoms with Crippen LogP contribution in [0.25, 0.3) is 0 Å². The maximum atomic E-state index is 10.2. The third kappa shape index (κ3) is 1.44. The molecular weight excluding hydrogens is 116 g/mol. The lowest BCUT2D eigenvalue weighted by atomic mass is 10.2. The maximum Gasteiger partial charge on any atom is 0.306 e. The predicted octanol–water partition coefficient (Wildman–Crippen LogP) is 1.51. The van der Waals surface area contributed by atoms with E-state index in [9.17, 15) is 4.79 Å². The van der Waals surface area contributed by atoms with Gasteiger partial charge in [-0.1, -0.05) is 13.3 Å². The van der Waals surface area contributed by atoms with Gasteiger partial charge in [-0.25, -0.2) is 0 Å². The first-order valence-corrected chi connectivity index (χ1v) is 3.48. The van der Waals surface area contributed by atoms with Crippen LogP contribution in [0.3, 0.4) is 0 Å². The molecule has 0 bridgehead atoms. The van der Waals surface area contributed by atoms with Crippen molar-refractivity contribution >= 4 is 5.97 Å². The van der Waals surface area contributed by atoms with Gasteiger partial charge in [0.25, 0.3) is 0 Å². The van der Waals surface area contributed by atoms with Crippen molar-refractivity contribution in [3.8, 4) is 0 Å². The zero-order valence-electron chi connectivity index (χ0n) is 5.63. The summed E-state index contributed by atoms with van der Waals surface area (Å²) in [5, 5.41) is 8.45. The van der Waals surface area contributed by atoms with Gasteiger partial charge in [0.05, 0.1) is 5.92 Å². The fourth-order valence-corrected chi connectivity index (χ4v) is 1.24. The molecule has 0 aliphatic heterocycles. The van der Waals surface area contributed by atoms with Crippen molar-refractivity contribution in [2.75, 3.05) is 0 Å². The highest BCUT2D eigenvalue weighted by molar-refractivity contribution is 5.73. The van der Waals surface area contributed by atoms with E-state index in [1.807, 2.05) is 0 Å². The molecule has 0 radical (unpaired) electrons. The average molecular weight is 128 g/mol. The van der Waals surface area contributed by atoms with Gasteiger partial charge in [0.15, 0.2) is 0 Å². The van der Waals surface area contributed by atoms with Crippen molar-refractivity contribution < 1.29 is 9.90 Å². The van der Waals surface area contributed by atoms with E-state index in [0.29, 0.717) is 5.92 Å². The highest BCUT2D eigenvalue weighted by Gasteiger charge is 2.41. The summed E-state index contributed by atoms with van der Waals surface area (Å²) in [5.74, 6) is -0.0918. The molecule has 1 rings (SSSR count). The Balaban J connectivity index is 2.17. The van der Waals surface area contributed by atoms with Crippen molar-refractivity contribution in [2.45, 2.75) is 26.2 Å². The standard InChI is InChI=1S/C7H12O2/c1-2-3-5-4-6(5)7(8)9/h5-6H,2-4H2,1H3,(H,8,9). The van der Waals surface area contributed by atoms with Gasteiger partial charge < -0.3 is 5.11 Å². The van der Waals surface area contributed by atoms with Crippen LogP contribution in [0.15, 0.2) is 0 Å². The normalized spacial score (nSPS) is 32.1. The predicted molar refractivity (Wildman–Crippen MR) is 34.1 cm³/mol. The highest BCUT2D eigenvalue weighted by atomic mass is 16.4. The van der Waals surface area contributed by atoms with E-state index >= 15 is 0 Å². The third-order valence-corrected chi connectivity index (χ3v) is 1.90. The van der Waals surface area contributed by atoms with Crippen LogP contribution < -0.4 is 0 Å². The number of hydrogen-bond donors (Lipinski definition) is 1. The van der Waals surface area contributed by atoms with Gasteiger partial charge in [-0.3, -0.25) is 4.79 Å². The van der Waals surface area contributed by atoms with Gasteiger partial charge >= 0.3 is 5.97 Å².